The van der Waals surface area contributed by atoms with Gasteiger partial charge in [-0.25, -0.2) is 0 Å². The van der Waals surface area contributed by atoms with E-state index in [1.807, 2.05) is 0 Å². The van der Waals surface area contributed by atoms with Crippen molar-refractivity contribution < 1.29 is 0 Å². The molecule has 0 radical (unpaired) electrons. The predicted octanol–water partition coefficient (Wildman–Crippen LogP) is 3.32. The van der Waals surface area contributed by atoms with Gasteiger partial charge in [-0.2, -0.15) is 5.26 Å². The molecule has 0 fully saturated rings. The molecule has 1 N–H and O–H groups in total. The van der Waals surface area contributed by atoms with E-state index in [-0.39, 0.29) is 6.04 Å². The number of nitrogens with one attached hydrogen (secondary N) is 1. The summed E-state index contributed by atoms with van der Waals surface area (Å²) in [4.78, 5) is 2.52. The van der Waals surface area contributed by atoms with E-state index in [4.69, 9.17) is 5.26 Å². The summed E-state index contributed by atoms with van der Waals surface area (Å²) in [6.45, 7) is 8.39. The number of rotatable bonds is 4. The van der Waals surface area contributed by atoms with Crippen LogP contribution in [0, 0.1) is 25.2 Å². The Bertz CT molecular complexity index is 362. The Labute approximate surface area is 95.9 Å². The number of nitrogens with zero attached hydrogens (tertiary/aromatic N) is 1. The zero-order valence-corrected chi connectivity index (χ0v) is 10.6. The first-order valence-corrected chi connectivity index (χ1v) is 6.12. The second-order valence-electron chi connectivity index (χ2n) is 3.91. The van der Waals surface area contributed by atoms with Crippen molar-refractivity contribution in [3.63, 3.8) is 0 Å². The maximum absolute atomic E-state index is 9.15. The number of hydrogen-bond donors (Lipinski definition) is 1. The van der Waals surface area contributed by atoms with Gasteiger partial charge in [0, 0.05) is 15.8 Å². The zero-order valence-electron chi connectivity index (χ0n) is 9.79. The third-order valence-electron chi connectivity index (χ3n) is 2.58. The first kappa shape index (κ1) is 12.2. The van der Waals surface area contributed by atoms with Crippen molar-refractivity contribution in [1.29, 1.82) is 5.26 Å². The normalized spacial score (nSPS) is 14.6. The third-order valence-corrected chi connectivity index (χ3v) is 3.56. The summed E-state index contributed by atoms with van der Waals surface area (Å²) in [7, 11) is 0. The van der Waals surface area contributed by atoms with Crippen LogP contribution >= 0.6 is 11.3 Å². The molecule has 15 heavy (non-hydrogen) atoms. The van der Waals surface area contributed by atoms with Gasteiger partial charge in [-0.1, -0.05) is 6.92 Å². The van der Waals surface area contributed by atoms with Crippen LogP contribution in [0.15, 0.2) is 6.07 Å². The van der Waals surface area contributed by atoms with E-state index in [1.54, 1.807) is 11.3 Å². The maximum Gasteiger partial charge on any atom is 0.122 e. The molecule has 0 aliphatic heterocycles. The molecule has 2 nitrogen and oxygen atoms in total. The SMILES string of the molecule is CCC(C)NC(C#N)c1cc(C)sc1C. The first-order valence-electron chi connectivity index (χ1n) is 5.31. The molecule has 0 bridgehead atoms. The van der Waals surface area contributed by atoms with Gasteiger partial charge in [-0.05, 0) is 38.8 Å². The molecule has 0 saturated carbocycles. The fourth-order valence-corrected chi connectivity index (χ4v) is 2.50. The standard InChI is InChI=1S/C12H18N2S/c1-5-8(2)14-12(7-13)11-6-9(3)15-10(11)4/h6,8,12,14H,5H2,1-4H3. The summed E-state index contributed by atoms with van der Waals surface area (Å²) < 4.78 is 0. The summed E-state index contributed by atoms with van der Waals surface area (Å²) in [6.07, 6.45) is 1.04. The minimum atomic E-state index is -0.162. The molecule has 82 valence electrons. The summed E-state index contributed by atoms with van der Waals surface area (Å²) in [5.41, 5.74) is 1.14. The van der Waals surface area contributed by atoms with Crippen LogP contribution in [0.4, 0.5) is 0 Å². The van der Waals surface area contributed by atoms with Crippen LogP contribution in [0.25, 0.3) is 0 Å². The molecule has 1 aromatic rings. The molecular formula is C12H18N2S. The number of aryl methyl sites for hydroxylation is 2. The Morgan fingerprint density at radius 1 is 1.53 bits per heavy atom. The molecule has 0 spiro atoms. The van der Waals surface area contributed by atoms with E-state index in [9.17, 15) is 0 Å². The fraction of sp³-hybridized carbons (Fsp3) is 0.583. The quantitative estimate of drug-likeness (QED) is 0.848. The lowest BCUT2D eigenvalue weighted by molar-refractivity contribution is 0.501. The molecule has 0 aliphatic carbocycles. The molecule has 2 unspecified atom stereocenters. The number of hydrogen-bond acceptors (Lipinski definition) is 3. The Hall–Kier alpha value is -0.850. The molecule has 1 aromatic heterocycles. The van der Waals surface area contributed by atoms with Crippen molar-refractivity contribution in [1.82, 2.24) is 5.32 Å². The van der Waals surface area contributed by atoms with E-state index in [0.717, 1.165) is 12.0 Å². The number of nitriles is 1. The highest BCUT2D eigenvalue weighted by molar-refractivity contribution is 7.12. The lowest BCUT2D eigenvalue weighted by atomic mass is 10.1. The Kier molecular flexibility index (Phi) is 4.31. The minimum absolute atomic E-state index is 0.162. The van der Waals surface area contributed by atoms with Crippen LogP contribution in [0.5, 0.6) is 0 Å². The monoisotopic (exact) mass is 222 g/mol. The lowest BCUT2D eigenvalue weighted by Gasteiger charge is -2.16. The fourth-order valence-electron chi connectivity index (χ4n) is 1.54. The smallest absolute Gasteiger partial charge is 0.122 e. The average Bonchev–Trinajstić information content (AvgIpc) is 2.54. The highest BCUT2D eigenvalue weighted by Gasteiger charge is 2.16. The lowest BCUT2D eigenvalue weighted by Crippen LogP contribution is -2.29. The Morgan fingerprint density at radius 3 is 2.60 bits per heavy atom. The van der Waals surface area contributed by atoms with Gasteiger partial charge in [0.15, 0.2) is 0 Å². The van der Waals surface area contributed by atoms with Gasteiger partial charge >= 0.3 is 0 Å². The highest BCUT2D eigenvalue weighted by Crippen LogP contribution is 2.26. The van der Waals surface area contributed by atoms with Crippen LogP contribution < -0.4 is 5.32 Å². The van der Waals surface area contributed by atoms with Crippen LogP contribution in [-0.2, 0) is 0 Å². The van der Waals surface area contributed by atoms with Gasteiger partial charge in [0.05, 0.1) is 6.07 Å². The van der Waals surface area contributed by atoms with Crippen molar-refractivity contribution >= 4 is 11.3 Å². The van der Waals surface area contributed by atoms with Gasteiger partial charge in [0.2, 0.25) is 0 Å². The first-order chi connectivity index (χ1) is 7.08. The van der Waals surface area contributed by atoms with E-state index in [2.05, 4.69) is 45.1 Å². The van der Waals surface area contributed by atoms with Crippen LogP contribution in [0.3, 0.4) is 0 Å². The van der Waals surface area contributed by atoms with E-state index < -0.39 is 0 Å². The Morgan fingerprint density at radius 2 is 2.20 bits per heavy atom. The van der Waals surface area contributed by atoms with E-state index in [0.29, 0.717) is 6.04 Å². The van der Waals surface area contributed by atoms with E-state index in [1.165, 1.54) is 9.75 Å². The van der Waals surface area contributed by atoms with E-state index >= 15 is 0 Å². The van der Waals surface area contributed by atoms with Gasteiger partial charge < -0.3 is 0 Å². The number of thiophene rings is 1. The van der Waals surface area contributed by atoms with Crippen LogP contribution in [0.1, 0.15) is 41.6 Å². The predicted molar refractivity (Wildman–Crippen MR) is 65.0 cm³/mol. The van der Waals surface area contributed by atoms with Crippen molar-refractivity contribution in [2.75, 3.05) is 0 Å². The van der Waals surface area contributed by atoms with Gasteiger partial charge in [0.1, 0.15) is 6.04 Å². The Balaban J connectivity index is 2.84. The van der Waals surface area contributed by atoms with Crippen LogP contribution in [-0.4, -0.2) is 6.04 Å². The highest BCUT2D eigenvalue weighted by atomic mass is 32.1. The van der Waals surface area contributed by atoms with Crippen molar-refractivity contribution in [2.24, 2.45) is 0 Å². The minimum Gasteiger partial charge on any atom is -0.296 e. The average molecular weight is 222 g/mol. The molecule has 1 rings (SSSR count). The molecule has 0 amide bonds. The molecule has 2 atom stereocenters. The molecule has 3 heteroatoms. The summed E-state index contributed by atoms with van der Waals surface area (Å²) in [6, 6.07) is 4.67. The summed E-state index contributed by atoms with van der Waals surface area (Å²) >= 11 is 1.76. The van der Waals surface area contributed by atoms with Crippen LogP contribution in [0.2, 0.25) is 0 Å². The molecule has 0 aliphatic rings. The largest absolute Gasteiger partial charge is 0.296 e. The van der Waals surface area contributed by atoms with Crippen molar-refractivity contribution in [2.45, 2.75) is 46.2 Å². The third kappa shape index (κ3) is 3.05. The van der Waals surface area contributed by atoms with Gasteiger partial charge in [0.25, 0.3) is 0 Å². The maximum atomic E-state index is 9.15. The topological polar surface area (TPSA) is 35.8 Å². The molecule has 0 saturated heterocycles. The second-order valence-corrected chi connectivity index (χ2v) is 5.37. The molecular weight excluding hydrogens is 204 g/mol. The van der Waals surface area contributed by atoms with Crippen molar-refractivity contribution in [3.05, 3.63) is 21.4 Å². The summed E-state index contributed by atoms with van der Waals surface area (Å²) in [5, 5.41) is 12.5. The summed E-state index contributed by atoms with van der Waals surface area (Å²) in [5.74, 6) is 0. The molecule has 1 heterocycles. The second kappa shape index (κ2) is 5.29. The molecule has 0 aromatic carbocycles. The van der Waals surface area contributed by atoms with Gasteiger partial charge in [-0.15, -0.1) is 11.3 Å². The van der Waals surface area contributed by atoms with Gasteiger partial charge in [-0.3, -0.25) is 5.32 Å². The van der Waals surface area contributed by atoms with Crippen molar-refractivity contribution in [3.8, 4) is 6.07 Å². The zero-order chi connectivity index (χ0) is 11.4.